The Bertz CT molecular complexity index is 252. The van der Waals surface area contributed by atoms with Crippen molar-refractivity contribution in [3.63, 3.8) is 0 Å². The van der Waals surface area contributed by atoms with Crippen LogP contribution in [0.5, 0.6) is 11.8 Å². The molecule has 1 aromatic heterocycles. The van der Waals surface area contributed by atoms with E-state index in [1.165, 1.54) is 0 Å². The van der Waals surface area contributed by atoms with Crippen molar-refractivity contribution >= 4 is 22.6 Å². The highest BCUT2D eigenvalue weighted by Crippen LogP contribution is 2.20. The Labute approximate surface area is 78.9 Å². The second-order valence-electron chi connectivity index (χ2n) is 1.84. The van der Waals surface area contributed by atoms with Crippen molar-refractivity contribution < 1.29 is 9.47 Å². The van der Waals surface area contributed by atoms with E-state index in [0.29, 0.717) is 11.8 Å². The molecule has 0 aliphatic rings. The van der Waals surface area contributed by atoms with Crippen LogP contribution >= 0.6 is 22.6 Å². The van der Waals surface area contributed by atoms with Gasteiger partial charge in [0.1, 0.15) is 0 Å². The first-order chi connectivity index (χ1) is 5.27. The predicted octanol–water partition coefficient (Wildman–Crippen LogP) is 1.70. The van der Waals surface area contributed by atoms with E-state index in [-0.39, 0.29) is 0 Å². The number of halogens is 1. The third-order valence-electron chi connectivity index (χ3n) is 1.19. The van der Waals surface area contributed by atoms with E-state index in [4.69, 9.17) is 9.47 Å². The molecule has 60 valence electrons. The Hall–Kier alpha value is -0.520. The maximum Gasteiger partial charge on any atom is 0.230 e. The molecule has 0 fully saturated rings. The minimum absolute atomic E-state index is 0.572. The molecule has 0 aromatic carbocycles. The molecule has 3 nitrogen and oxygen atoms in total. The largest absolute Gasteiger partial charge is 0.481 e. The number of nitrogens with zero attached hydrogens (tertiary/aromatic N) is 1. The van der Waals surface area contributed by atoms with E-state index in [1.807, 2.05) is 6.07 Å². The summed E-state index contributed by atoms with van der Waals surface area (Å²) in [6.45, 7) is 0. The summed E-state index contributed by atoms with van der Waals surface area (Å²) in [5.41, 5.74) is 0. The summed E-state index contributed by atoms with van der Waals surface area (Å²) in [6, 6.07) is 3.69. The van der Waals surface area contributed by atoms with Gasteiger partial charge in [-0.1, -0.05) is 0 Å². The van der Waals surface area contributed by atoms with Crippen molar-refractivity contribution in [2.75, 3.05) is 14.2 Å². The zero-order chi connectivity index (χ0) is 8.27. The van der Waals surface area contributed by atoms with Crippen LogP contribution in [0.2, 0.25) is 0 Å². The van der Waals surface area contributed by atoms with Gasteiger partial charge in [0.05, 0.1) is 17.8 Å². The lowest BCUT2D eigenvalue weighted by Crippen LogP contribution is -1.93. The first kappa shape index (κ1) is 8.58. The third kappa shape index (κ3) is 1.95. The first-order valence-electron chi connectivity index (χ1n) is 3.02. The molecule has 0 bridgehead atoms. The van der Waals surface area contributed by atoms with Gasteiger partial charge < -0.3 is 9.47 Å². The number of methoxy groups -OCH3 is 2. The van der Waals surface area contributed by atoms with Gasteiger partial charge in [0, 0.05) is 6.07 Å². The summed E-state index contributed by atoms with van der Waals surface area (Å²) in [7, 11) is 3.17. The zero-order valence-electron chi connectivity index (χ0n) is 6.30. The van der Waals surface area contributed by atoms with Crippen molar-refractivity contribution in [2.24, 2.45) is 0 Å². The lowest BCUT2D eigenvalue weighted by Gasteiger charge is -2.03. The Kier molecular flexibility index (Phi) is 2.92. The number of hydrogen-bond donors (Lipinski definition) is 0. The molecule has 0 unspecified atom stereocenters. The van der Waals surface area contributed by atoms with Gasteiger partial charge in [0.2, 0.25) is 11.8 Å². The number of ether oxygens (including phenoxy) is 2. The zero-order valence-corrected chi connectivity index (χ0v) is 8.45. The average molecular weight is 265 g/mol. The van der Waals surface area contributed by atoms with Crippen LogP contribution in [-0.2, 0) is 0 Å². The van der Waals surface area contributed by atoms with Crippen molar-refractivity contribution in [3.8, 4) is 11.8 Å². The summed E-state index contributed by atoms with van der Waals surface area (Å²) in [5, 5.41) is 0. The number of pyridine rings is 1. The fraction of sp³-hybridized carbons (Fsp3) is 0.286. The highest BCUT2D eigenvalue weighted by molar-refractivity contribution is 14.1. The summed E-state index contributed by atoms with van der Waals surface area (Å²) in [5.74, 6) is 1.17. The maximum atomic E-state index is 4.99. The van der Waals surface area contributed by atoms with Gasteiger partial charge in [-0.2, -0.15) is 4.98 Å². The molecule has 0 aliphatic carbocycles. The highest BCUT2D eigenvalue weighted by Gasteiger charge is 2.01. The molecule has 0 aliphatic heterocycles. The monoisotopic (exact) mass is 265 g/mol. The molecule has 0 N–H and O–H groups in total. The molecule has 1 rings (SSSR count). The van der Waals surface area contributed by atoms with Crippen LogP contribution in [0, 0.1) is 3.57 Å². The Balaban J connectivity index is 3.02. The smallest absolute Gasteiger partial charge is 0.230 e. The second kappa shape index (κ2) is 3.75. The van der Waals surface area contributed by atoms with Crippen molar-refractivity contribution in [1.29, 1.82) is 0 Å². The van der Waals surface area contributed by atoms with Crippen LogP contribution in [0.15, 0.2) is 12.1 Å². The topological polar surface area (TPSA) is 31.4 Å². The molecular weight excluding hydrogens is 257 g/mol. The normalized spacial score (nSPS) is 9.36. The summed E-state index contributed by atoms with van der Waals surface area (Å²) in [6.07, 6.45) is 0. The lowest BCUT2D eigenvalue weighted by atomic mass is 10.5. The molecule has 0 saturated carbocycles. The summed E-state index contributed by atoms with van der Waals surface area (Å²) < 4.78 is 10.9. The molecule has 0 spiro atoms. The van der Waals surface area contributed by atoms with E-state index < -0.39 is 0 Å². The maximum absolute atomic E-state index is 4.99. The van der Waals surface area contributed by atoms with Crippen LogP contribution in [0.3, 0.4) is 0 Å². The van der Waals surface area contributed by atoms with E-state index >= 15 is 0 Å². The van der Waals surface area contributed by atoms with Crippen molar-refractivity contribution in [1.82, 2.24) is 4.98 Å². The standard InChI is InChI=1S/C7H8INO2/c1-10-6-4-3-5(8)7(9-6)11-2/h3-4H,1-2H3. The van der Waals surface area contributed by atoms with Crippen molar-refractivity contribution in [3.05, 3.63) is 15.7 Å². The van der Waals surface area contributed by atoms with Gasteiger partial charge in [0.15, 0.2) is 0 Å². The van der Waals surface area contributed by atoms with Gasteiger partial charge >= 0.3 is 0 Å². The predicted molar refractivity (Wildman–Crippen MR) is 50.1 cm³/mol. The molecule has 0 atom stereocenters. The Morgan fingerprint density at radius 3 is 2.55 bits per heavy atom. The lowest BCUT2D eigenvalue weighted by molar-refractivity contribution is 0.362. The van der Waals surface area contributed by atoms with Crippen LogP contribution in [0.25, 0.3) is 0 Å². The number of rotatable bonds is 2. The molecule has 0 radical (unpaired) electrons. The molecule has 0 amide bonds. The second-order valence-corrected chi connectivity index (χ2v) is 3.01. The number of hydrogen-bond acceptors (Lipinski definition) is 3. The van der Waals surface area contributed by atoms with Crippen molar-refractivity contribution in [2.45, 2.75) is 0 Å². The highest BCUT2D eigenvalue weighted by atomic mass is 127. The van der Waals surface area contributed by atoms with Crippen LogP contribution in [-0.4, -0.2) is 19.2 Å². The summed E-state index contributed by atoms with van der Waals surface area (Å²) in [4.78, 5) is 4.06. The van der Waals surface area contributed by atoms with Gasteiger partial charge in [0.25, 0.3) is 0 Å². The molecule has 11 heavy (non-hydrogen) atoms. The quantitative estimate of drug-likeness (QED) is 0.763. The summed E-state index contributed by atoms with van der Waals surface area (Å²) >= 11 is 2.15. The molecule has 4 heteroatoms. The fourth-order valence-corrected chi connectivity index (χ4v) is 1.18. The van der Waals surface area contributed by atoms with E-state index in [2.05, 4.69) is 27.6 Å². The van der Waals surface area contributed by atoms with Crippen LogP contribution in [0.1, 0.15) is 0 Å². The molecule has 0 saturated heterocycles. The van der Waals surface area contributed by atoms with Crippen LogP contribution < -0.4 is 9.47 Å². The first-order valence-corrected chi connectivity index (χ1v) is 4.10. The minimum atomic E-state index is 0.572. The third-order valence-corrected chi connectivity index (χ3v) is 2.01. The van der Waals surface area contributed by atoms with Gasteiger partial charge in [-0.3, -0.25) is 0 Å². The molecule has 1 heterocycles. The van der Waals surface area contributed by atoms with E-state index in [0.717, 1.165) is 3.57 Å². The fourth-order valence-electron chi connectivity index (χ4n) is 0.663. The van der Waals surface area contributed by atoms with Gasteiger partial charge in [-0.25, -0.2) is 0 Å². The van der Waals surface area contributed by atoms with Gasteiger partial charge in [-0.05, 0) is 28.7 Å². The molecule has 1 aromatic rings. The Morgan fingerprint density at radius 1 is 1.27 bits per heavy atom. The SMILES string of the molecule is COc1ccc(I)c(OC)n1. The average Bonchev–Trinajstić information content (AvgIpc) is 2.05. The van der Waals surface area contributed by atoms with E-state index in [1.54, 1.807) is 20.3 Å². The minimum Gasteiger partial charge on any atom is -0.481 e. The van der Waals surface area contributed by atoms with Crippen LogP contribution in [0.4, 0.5) is 0 Å². The van der Waals surface area contributed by atoms with E-state index in [9.17, 15) is 0 Å². The van der Waals surface area contributed by atoms with Gasteiger partial charge in [-0.15, -0.1) is 0 Å². The number of aromatic nitrogens is 1. The molecular formula is C7H8INO2. The Morgan fingerprint density at radius 2 is 2.00 bits per heavy atom.